The molecule has 1 aliphatic heterocycles. The van der Waals surface area contributed by atoms with E-state index in [0.29, 0.717) is 22.3 Å². The molecule has 0 spiro atoms. The number of aliphatic hydroxyl groups excluding tert-OH is 1. The number of hydrogen-bond donors (Lipinski definition) is 1. The maximum absolute atomic E-state index is 9.48. The number of likely N-dealkylation sites (tertiary alicyclic amines) is 1. The molecule has 0 amide bonds. The van der Waals surface area contributed by atoms with Gasteiger partial charge in [-0.1, -0.05) is 23.2 Å². The zero-order valence-electron chi connectivity index (χ0n) is 11.6. The van der Waals surface area contributed by atoms with Gasteiger partial charge >= 0.3 is 0 Å². The van der Waals surface area contributed by atoms with Crippen molar-refractivity contribution in [2.24, 2.45) is 0 Å². The number of rotatable bonds is 5. The van der Waals surface area contributed by atoms with Crippen LogP contribution in [0.3, 0.4) is 0 Å². The molecule has 20 heavy (non-hydrogen) atoms. The lowest BCUT2D eigenvalue weighted by Crippen LogP contribution is -2.32. The molecule has 112 valence electrons. The molecule has 0 aromatic heterocycles. The fourth-order valence-corrected chi connectivity index (χ4v) is 3.28. The lowest BCUT2D eigenvalue weighted by molar-refractivity contribution is 0.107. The van der Waals surface area contributed by atoms with Gasteiger partial charge in [-0.2, -0.15) is 0 Å². The van der Waals surface area contributed by atoms with Crippen LogP contribution < -0.4 is 4.74 Å². The van der Waals surface area contributed by atoms with Crippen LogP contribution in [0.1, 0.15) is 12.0 Å². The molecule has 0 saturated carbocycles. The molecule has 0 aliphatic carbocycles. The molecule has 4 nitrogen and oxygen atoms in total. The minimum atomic E-state index is 0.0856. The highest BCUT2D eigenvalue weighted by Crippen LogP contribution is 2.34. The summed E-state index contributed by atoms with van der Waals surface area (Å²) in [5, 5.41) is 10.6. The van der Waals surface area contributed by atoms with Crippen molar-refractivity contribution in [3.63, 3.8) is 0 Å². The predicted octanol–water partition coefficient (Wildman–Crippen LogP) is 2.58. The Labute approximate surface area is 129 Å². The molecule has 1 aromatic rings. The molecule has 0 radical (unpaired) electrons. The van der Waals surface area contributed by atoms with Crippen LogP contribution in [0.25, 0.3) is 0 Å². The largest absolute Gasteiger partial charge is 0.495 e. The van der Waals surface area contributed by atoms with Gasteiger partial charge in [0.15, 0.2) is 0 Å². The molecule has 1 N–H and O–H groups in total. The fraction of sp³-hybridized carbons (Fsp3) is 0.571. The van der Waals surface area contributed by atoms with E-state index in [-0.39, 0.29) is 18.8 Å². The molecule has 0 bridgehead atoms. The van der Waals surface area contributed by atoms with Crippen molar-refractivity contribution in [3.05, 3.63) is 27.7 Å². The van der Waals surface area contributed by atoms with E-state index in [1.807, 2.05) is 6.07 Å². The van der Waals surface area contributed by atoms with E-state index in [9.17, 15) is 5.11 Å². The predicted molar refractivity (Wildman–Crippen MR) is 79.7 cm³/mol. The molecule has 1 fully saturated rings. The number of nitrogens with zero attached hydrogens (tertiary/aromatic N) is 1. The molecule has 2 rings (SSSR count). The third kappa shape index (κ3) is 3.38. The molecular weight excluding hydrogens is 301 g/mol. The average Bonchev–Trinajstić information content (AvgIpc) is 2.80. The third-order valence-corrected chi connectivity index (χ3v) is 4.20. The van der Waals surface area contributed by atoms with Crippen LogP contribution in [-0.2, 0) is 11.3 Å². The number of methoxy groups -OCH3 is 2. The Kier molecular flexibility index (Phi) is 5.52. The molecular formula is C14H19Cl2NO3. The molecule has 6 heteroatoms. The summed E-state index contributed by atoms with van der Waals surface area (Å²) >= 11 is 12.2. The van der Waals surface area contributed by atoms with Gasteiger partial charge in [-0.3, -0.25) is 4.90 Å². The quantitative estimate of drug-likeness (QED) is 0.905. The van der Waals surface area contributed by atoms with Gasteiger partial charge in [0.05, 0.1) is 24.8 Å². The van der Waals surface area contributed by atoms with E-state index in [1.165, 1.54) is 0 Å². The van der Waals surface area contributed by atoms with E-state index >= 15 is 0 Å². The minimum Gasteiger partial charge on any atom is -0.495 e. The van der Waals surface area contributed by atoms with Gasteiger partial charge < -0.3 is 14.6 Å². The van der Waals surface area contributed by atoms with Gasteiger partial charge in [0.1, 0.15) is 5.75 Å². The van der Waals surface area contributed by atoms with Crippen molar-refractivity contribution in [2.45, 2.75) is 25.1 Å². The zero-order chi connectivity index (χ0) is 14.7. The Balaban J connectivity index is 2.21. The smallest absolute Gasteiger partial charge is 0.142 e. The standard InChI is InChI=1S/C14H19Cl2NO3/c1-19-12-5-11(8-18)17(7-12)6-9-3-10(15)4-13(16)14(9)20-2/h3-4,11-12,18H,5-8H2,1-2H3/t11-,12-/m0/s1. The summed E-state index contributed by atoms with van der Waals surface area (Å²) in [5.74, 6) is 0.633. The second-order valence-corrected chi connectivity index (χ2v) is 5.78. The summed E-state index contributed by atoms with van der Waals surface area (Å²) in [6.07, 6.45) is 0.969. The SMILES string of the molecule is COc1c(Cl)cc(Cl)cc1CN1C[C@@H](OC)C[C@H]1CO. The first-order valence-corrected chi connectivity index (χ1v) is 7.24. The van der Waals surface area contributed by atoms with Crippen molar-refractivity contribution in [2.75, 3.05) is 27.4 Å². The molecule has 0 unspecified atom stereocenters. The van der Waals surface area contributed by atoms with Gasteiger partial charge in [0.25, 0.3) is 0 Å². The topological polar surface area (TPSA) is 41.9 Å². The van der Waals surface area contributed by atoms with Crippen LogP contribution in [0.15, 0.2) is 12.1 Å². The molecule has 1 heterocycles. The maximum atomic E-state index is 9.48. The third-order valence-electron chi connectivity index (χ3n) is 3.70. The first kappa shape index (κ1) is 15.9. The van der Waals surface area contributed by atoms with Crippen molar-refractivity contribution in [1.29, 1.82) is 0 Å². The number of halogens is 2. The average molecular weight is 320 g/mol. The van der Waals surface area contributed by atoms with Crippen molar-refractivity contribution in [1.82, 2.24) is 4.90 Å². The van der Waals surface area contributed by atoms with Gasteiger partial charge in [0, 0.05) is 36.8 Å². The number of hydrogen-bond acceptors (Lipinski definition) is 4. The zero-order valence-corrected chi connectivity index (χ0v) is 13.1. The highest BCUT2D eigenvalue weighted by molar-refractivity contribution is 6.35. The van der Waals surface area contributed by atoms with E-state index in [2.05, 4.69) is 4.90 Å². The summed E-state index contributed by atoms with van der Waals surface area (Å²) in [4.78, 5) is 2.17. The summed E-state index contributed by atoms with van der Waals surface area (Å²) < 4.78 is 10.7. The fourth-order valence-electron chi connectivity index (χ4n) is 2.67. The van der Waals surface area contributed by atoms with E-state index in [0.717, 1.165) is 18.5 Å². The number of aliphatic hydroxyl groups is 1. The second-order valence-electron chi connectivity index (χ2n) is 4.94. The van der Waals surface area contributed by atoms with E-state index in [1.54, 1.807) is 20.3 Å². The van der Waals surface area contributed by atoms with E-state index in [4.69, 9.17) is 32.7 Å². The Hall–Kier alpha value is -0.520. The molecule has 2 atom stereocenters. The Morgan fingerprint density at radius 2 is 2.10 bits per heavy atom. The van der Waals surface area contributed by atoms with Crippen LogP contribution in [0.4, 0.5) is 0 Å². The minimum absolute atomic E-state index is 0.0856. The number of ether oxygens (including phenoxy) is 2. The summed E-state index contributed by atoms with van der Waals surface area (Å²) in [7, 11) is 3.28. The Morgan fingerprint density at radius 3 is 2.70 bits per heavy atom. The van der Waals surface area contributed by atoms with Gasteiger partial charge in [-0.15, -0.1) is 0 Å². The lowest BCUT2D eigenvalue weighted by atomic mass is 10.1. The van der Waals surface area contributed by atoms with Gasteiger partial charge in [-0.05, 0) is 18.6 Å². The second kappa shape index (κ2) is 6.96. The first-order valence-electron chi connectivity index (χ1n) is 6.48. The monoisotopic (exact) mass is 319 g/mol. The first-order chi connectivity index (χ1) is 9.58. The van der Waals surface area contributed by atoms with E-state index < -0.39 is 0 Å². The number of benzene rings is 1. The summed E-state index contributed by atoms with van der Waals surface area (Å²) in [6.45, 7) is 1.50. The maximum Gasteiger partial charge on any atom is 0.142 e. The van der Waals surface area contributed by atoms with Crippen LogP contribution >= 0.6 is 23.2 Å². The summed E-state index contributed by atoms with van der Waals surface area (Å²) in [5.41, 5.74) is 0.917. The molecule has 1 aliphatic rings. The Bertz CT molecular complexity index is 470. The Morgan fingerprint density at radius 1 is 1.35 bits per heavy atom. The molecule has 1 saturated heterocycles. The normalized spacial score (nSPS) is 23.2. The van der Waals surface area contributed by atoms with Crippen LogP contribution in [-0.4, -0.2) is 49.5 Å². The van der Waals surface area contributed by atoms with Crippen LogP contribution in [0.2, 0.25) is 10.0 Å². The van der Waals surface area contributed by atoms with Crippen molar-refractivity contribution >= 4 is 23.2 Å². The van der Waals surface area contributed by atoms with Crippen LogP contribution in [0, 0.1) is 0 Å². The van der Waals surface area contributed by atoms with Crippen molar-refractivity contribution < 1.29 is 14.6 Å². The lowest BCUT2D eigenvalue weighted by Gasteiger charge is -2.23. The highest BCUT2D eigenvalue weighted by atomic mass is 35.5. The van der Waals surface area contributed by atoms with Crippen molar-refractivity contribution in [3.8, 4) is 5.75 Å². The van der Waals surface area contributed by atoms with Crippen LogP contribution in [0.5, 0.6) is 5.75 Å². The highest BCUT2D eigenvalue weighted by Gasteiger charge is 2.32. The summed E-state index contributed by atoms with van der Waals surface area (Å²) in [6, 6.07) is 3.60. The van der Waals surface area contributed by atoms with Gasteiger partial charge in [-0.25, -0.2) is 0 Å². The van der Waals surface area contributed by atoms with Gasteiger partial charge in [0.2, 0.25) is 0 Å². The molecule has 1 aromatic carbocycles.